The number of methoxy groups -OCH3 is 1. The molecule has 32 heavy (non-hydrogen) atoms. The van der Waals surface area contributed by atoms with E-state index in [1.807, 2.05) is 0 Å². The van der Waals surface area contributed by atoms with Gasteiger partial charge in [0.2, 0.25) is 10.0 Å². The van der Waals surface area contributed by atoms with Gasteiger partial charge >= 0.3 is 0 Å². The fourth-order valence-corrected chi connectivity index (χ4v) is 6.20. The maximum Gasteiger partial charge on any atom is 0.258 e. The molecule has 0 spiro atoms. The highest BCUT2D eigenvalue weighted by Crippen LogP contribution is 2.33. The number of rotatable bonds is 7. The van der Waals surface area contributed by atoms with E-state index >= 15 is 0 Å². The van der Waals surface area contributed by atoms with Crippen LogP contribution in [0, 0.1) is 0 Å². The van der Waals surface area contributed by atoms with Gasteiger partial charge in [0.05, 0.1) is 12.0 Å². The van der Waals surface area contributed by atoms with E-state index in [1.54, 1.807) is 36.9 Å². The molecule has 0 saturated heterocycles. The van der Waals surface area contributed by atoms with Gasteiger partial charge in [-0.3, -0.25) is 4.79 Å². The maximum atomic E-state index is 13.4. The van der Waals surface area contributed by atoms with Crippen LogP contribution in [0.25, 0.3) is 0 Å². The Hall–Kier alpha value is -2.43. The first-order chi connectivity index (χ1) is 15.0. The summed E-state index contributed by atoms with van der Waals surface area (Å²) in [4.78, 5) is 15.1. The summed E-state index contributed by atoms with van der Waals surface area (Å²) in [5, 5.41) is 0. The van der Waals surface area contributed by atoms with Crippen LogP contribution in [-0.4, -0.2) is 60.0 Å². The predicted molar refractivity (Wildman–Crippen MR) is 123 cm³/mol. The molecular weight excluding hydrogens is 452 g/mol. The number of fused-ring (bicyclic) bond motifs is 1. The lowest BCUT2D eigenvalue weighted by atomic mass is 10.0. The normalized spacial score (nSPS) is 14.3. The molecule has 1 amide bonds. The molecule has 10 heteroatoms. The molecule has 8 nitrogen and oxygen atoms in total. The lowest BCUT2D eigenvalue weighted by molar-refractivity contribution is 0.0985. The van der Waals surface area contributed by atoms with Gasteiger partial charge in [-0.15, -0.1) is 0 Å². The van der Waals surface area contributed by atoms with E-state index < -0.39 is 19.9 Å². The number of anilines is 1. The summed E-state index contributed by atoms with van der Waals surface area (Å²) in [5.74, 6) is -0.179. The van der Waals surface area contributed by atoms with E-state index in [4.69, 9.17) is 4.74 Å². The van der Waals surface area contributed by atoms with E-state index in [9.17, 15) is 21.6 Å². The molecule has 0 unspecified atom stereocenters. The van der Waals surface area contributed by atoms with Crippen LogP contribution >= 0.6 is 0 Å². The van der Waals surface area contributed by atoms with E-state index in [0.29, 0.717) is 38.2 Å². The van der Waals surface area contributed by atoms with Crippen molar-refractivity contribution >= 4 is 31.5 Å². The summed E-state index contributed by atoms with van der Waals surface area (Å²) < 4.78 is 56.6. The average Bonchev–Trinajstić information content (AvgIpc) is 2.77. The van der Waals surface area contributed by atoms with Crippen LogP contribution in [0.5, 0.6) is 5.75 Å². The van der Waals surface area contributed by atoms with E-state index in [-0.39, 0.29) is 27.0 Å². The molecule has 0 saturated carbocycles. The molecule has 1 heterocycles. The number of ether oxygens (including phenoxy) is 1. The number of nitrogens with zero attached hydrogens (tertiary/aromatic N) is 2. The van der Waals surface area contributed by atoms with Crippen molar-refractivity contribution in [2.75, 3.05) is 37.9 Å². The van der Waals surface area contributed by atoms with Gasteiger partial charge in [0.15, 0.2) is 9.84 Å². The van der Waals surface area contributed by atoms with Crippen molar-refractivity contribution in [3.8, 4) is 5.75 Å². The van der Waals surface area contributed by atoms with Crippen LogP contribution in [0.3, 0.4) is 0 Å². The minimum absolute atomic E-state index is 0.0563. The van der Waals surface area contributed by atoms with E-state index in [2.05, 4.69) is 0 Å². The number of sulfone groups is 1. The molecule has 0 radical (unpaired) electrons. The summed E-state index contributed by atoms with van der Waals surface area (Å²) >= 11 is 0. The first-order valence-corrected chi connectivity index (χ1v) is 13.7. The smallest absolute Gasteiger partial charge is 0.258 e. The molecule has 2 aromatic carbocycles. The molecule has 1 aliphatic rings. The number of benzene rings is 2. The van der Waals surface area contributed by atoms with E-state index in [1.165, 1.54) is 29.6 Å². The molecule has 0 aromatic heterocycles. The molecule has 0 atom stereocenters. The highest BCUT2D eigenvalue weighted by atomic mass is 32.2. The Balaban J connectivity index is 2.05. The first-order valence-electron chi connectivity index (χ1n) is 10.4. The Kier molecular flexibility index (Phi) is 6.97. The zero-order valence-electron chi connectivity index (χ0n) is 18.7. The Morgan fingerprint density at radius 1 is 1.06 bits per heavy atom. The molecule has 3 rings (SSSR count). The topological polar surface area (TPSA) is 101 Å². The monoisotopic (exact) mass is 480 g/mol. The van der Waals surface area contributed by atoms with Crippen LogP contribution in [0.2, 0.25) is 0 Å². The Bertz CT molecular complexity index is 1240. The second-order valence-electron chi connectivity index (χ2n) is 7.58. The number of hydrogen-bond acceptors (Lipinski definition) is 6. The number of aryl methyl sites for hydroxylation is 1. The molecule has 1 aliphatic heterocycles. The SMILES string of the molecule is CCN(CC)S(=O)(=O)c1cc(C(=O)N2CCCc3cc(S(C)(=O)=O)ccc32)ccc1OC. The number of amides is 1. The minimum atomic E-state index is -3.84. The van der Waals surface area contributed by atoms with Crippen LogP contribution < -0.4 is 9.64 Å². The predicted octanol–water partition coefficient (Wildman–Crippen LogP) is 2.72. The van der Waals surface area contributed by atoms with Crippen molar-refractivity contribution in [2.24, 2.45) is 0 Å². The summed E-state index contributed by atoms with van der Waals surface area (Å²) in [6.07, 6.45) is 2.48. The zero-order valence-corrected chi connectivity index (χ0v) is 20.3. The fraction of sp³-hybridized carbons (Fsp3) is 0.409. The average molecular weight is 481 g/mol. The van der Waals surface area contributed by atoms with Gasteiger partial charge in [-0.25, -0.2) is 16.8 Å². The third-order valence-electron chi connectivity index (χ3n) is 5.58. The van der Waals surface area contributed by atoms with Crippen molar-refractivity contribution in [3.05, 3.63) is 47.5 Å². The number of sulfonamides is 1. The Morgan fingerprint density at radius 2 is 1.75 bits per heavy atom. The highest BCUT2D eigenvalue weighted by Gasteiger charge is 2.29. The summed E-state index contributed by atoms with van der Waals surface area (Å²) in [5.41, 5.74) is 1.63. The lowest BCUT2D eigenvalue weighted by Crippen LogP contribution is -2.36. The fourth-order valence-electron chi connectivity index (χ4n) is 3.88. The maximum absolute atomic E-state index is 13.4. The second-order valence-corrected chi connectivity index (χ2v) is 11.5. The van der Waals surface area contributed by atoms with Crippen LogP contribution in [0.1, 0.15) is 36.2 Å². The Morgan fingerprint density at radius 3 is 2.34 bits per heavy atom. The standard InChI is InChI=1S/C22H28N2O6S2/c1-5-23(6-2)32(28,29)21-15-17(9-12-20(21)30-3)22(25)24-13-7-8-16-14-18(31(4,26)27)10-11-19(16)24/h9-12,14-15H,5-8,13H2,1-4H3. The van der Waals surface area contributed by atoms with Crippen molar-refractivity contribution in [3.63, 3.8) is 0 Å². The van der Waals surface area contributed by atoms with Gasteiger partial charge < -0.3 is 9.64 Å². The third-order valence-corrected chi connectivity index (χ3v) is 8.76. The number of carbonyl (C=O) groups is 1. The highest BCUT2D eigenvalue weighted by molar-refractivity contribution is 7.90. The molecule has 0 N–H and O–H groups in total. The van der Waals surface area contributed by atoms with Crippen molar-refractivity contribution in [1.29, 1.82) is 0 Å². The largest absolute Gasteiger partial charge is 0.495 e. The Labute approximate surface area is 189 Å². The van der Waals surface area contributed by atoms with Crippen LogP contribution in [-0.2, 0) is 26.3 Å². The van der Waals surface area contributed by atoms with Crippen molar-refractivity contribution < 1.29 is 26.4 Å². The summed E-state index contributed by atoms with van der Waals surface area (Å²) in [7, 11) is -5.81. The molecule has 0 bridgehead atoms. The zero-order chi connectivity index (χ0) is 23.7. The van der Waals surface area contributed by atoms with Crippen LogP contribution in [0.4, 0.5) is 5.69 Å². The minimum Gasteiger partial charge on any atom is -0.495 e. The molecule has 2 aromatic rings. The van der Waals surface area contributed by atoms with Crippen molar-refractivity contribution in [2.45, 2.75) is 36.5 Å². The summed E-state index contributed by atoms with van der Waals surface area (Å²) in [6, 6.07) is 9.12. The van der Waals surface area contributed by atoms with Gasteiger partial charge in [-0.1, -0.05) is 13.8 Å². The second kappa shape index (κ2) is 9.21. The third kappa shape index (κ3) is 4.53. The number of hydrogen-bond donors (Lipinski definition) is 0. The van der Waals surface area contributed by atoms with Gasteiger partial charge in [-0.2, -0.15) is 4.31 Å². The van der Waals surface area contributed by atoms with Gasteiger partial charge in [0.1, 0.15) is 10.6 Å². The van der Waals surface area contributed by atoms with Gasteiger partial charge in [0.25, 0.3) is 5.91 Å². The van der Waals surface area contributed by atoms with Crippen molar-refractivity contribution in [1.82, 2.24) is 4.31 Å². The number of carbonyl (C=O) groups excluding carboxylic acids is 1. The lowest BCUT2D eigenvalue weighted by Gasteiger charge is -2.30. The van der Waals surface area contributed by atoms with Gasteiger partial charge in [0, 0.05) is 37.1 Å². The molecule has 0 aliphatic carbocycles. The summed E-state index contributed by atoms with van der Waals surface area (Å²) in [6.45, 7) is 4.54. The van der Waals surface area contributed by atoms with Crippen LogP contribution in [0.15, 0.2) is 46.2 Å². The molecule has 174 valence electrons. The molecule has 0 fully saturated rings. The first kappa shape index (κ1) is 24.2. The van der Waals surface area contributed by atoms with E-state index in [0.717, 1.165) is 11.8 Å². The molecular formula is C22H28N2O6S2. The van der Waals surface area contributed by atoms with Gasteiger partial charge in [-0.05, 0) is 54.8 Å². The quantitative estimate of drug-likeness (QED) is 0.604.